The molecular weight excluding hydrogens is 354 g/mol. The molecule has 0 bridgehead atoms. The first kappa shape index (κ1) is 18.2. The van der Waals surface area contributed by atoms with Gasteiger partial charge in [0.05, 0.1) is 11.1 Å². The molecule has 2 aromatic rings. The van der Waals surface area contributed by atoms with Crippen LogP contribution in [0.2, 0.25) is 0 Å². The average Bonchev–Trinajstić information content (AvgIpc) is 3.20. The van der Waals surface area contributed by atoms with E-state index in [0.29, 0.717) is 16.6 Å². The molecule has 0 radical (unpaired) electrons. The van der Waals surface area contributed by atoms with E-state index >= 15 is 0 Å². The molecule has 0 saturated heterocycles. The number of primary amides is 1. The number of anilines is 1. The van der Waals surface area contributed by atoms with Crippen molar-refractivity contribution < 1.29 is 19.1 Å². The van der Waals surface area contributed by atoms with Gasteiger partial charge in [0.2, 0.25) is 0 Å². The summed E-state index contributed by atoms with van der Waals surface area (Å²) in [5, 5.41) is 4.58. The molecule has 1 aliphatic rings. The van der Waals surface area contributed by atoms with E-state index in [1.54, 1.807) is 11.4 Å². The lowest BCUT2D eigenvalue weighted by atomic mass is 10.2. The van der Waals surface area contributed by atoms with Gasteiger partial charge >= 0.3 is 5.97 Å². The second kappa shape index (κ2) is 6.95. The minimum Gasteiger partial charge on any atom is -0.449 e. The molecule has 3 N–H and O–H groups in total. The van der Waals surface area contributed by atoms with Crippen molar-refractivity contribution in [2.75, 3.05) is 5.32 Å². The van der Waals surface area contributed by atoms with Gasteiger partial charge < -0.3 is 20.4 Å². The number of ether oxygens (including phenoxy) is 1. The molecule has 1 unspecified atom stereocenters. The molecule has 8 heteroatoms. The number of rotatable bonds is 6. The molecule has 2 amide bonds. The Morgan fingerprint density at radius 2 is 2.00 bits per heavy atom. The minimum absolute atomic E-state index is 0.231. The molecule has 2 aromatic heterocycles. The predicted octanol–water partition coefficient (Wildman–Crippen LogP) is 2.78. The van der Waals surface area contributed by atoms with Crippen molar-refractivity contribution in [2.24, 2.45) is 5.73 Å². The summed E-state index contributed by atoms with van der Waals surface area (Å²) >= 11 is 1.18. The van der Waals surface area contributed by atoms with Crippen LogP contribution in [0.5, 0.6) is 0 Å². The molecule has 1 fully saturated rings. The standard InChI is InChI=1S/C18H21N3O4S/c1-9-8-14(10(2)21(9)12-4-5-12)18(24)25-11(3)16(23)20-17-13(15(19)22)6-7-26-17/h6-8,11-12H,4-5H2,1-3H3,(H2,19,22)(H,20,23). The number of nitrogens with one attached hydrogen (secondary N) is 1. The molecule has 3 rings (SSSR count). The van der Waals surface area contributed by atoms with Crippen molar-refractivity contribution in [3.63, 3.8) is 0 Å². The number of hydrogen-bond donors (Lipinski definition) is 2. The molecule has 2 heterocycles. The Morgan fingerprint density at radius 1 is 1.31 bits per heavy atom. The van der Waals surface area contributed by atoms with Crippen molar-refractivity contribution in [3.8, 4) is 0 Å². The Morgan fingerprint density at radius 3 is 2.62 bits per heavy atom. The normalized spacial score (nSPS) is 14.7. The van der Waals surface area contributed by atoms with Crippen LogP contribution in [0.1, 0.15) is 57.9 Å². The van der Waals surface area contributed by atoms with Crippen LogP contribution in [0.25, 0.3) is 0 Å². The van der Waals surface area contributed by atoms with E-state index in [-0.39, 0.29) is 5.56 Å². The first-order valence-electron chi connectivity index (χ1n) is 8.37. The van der Waals surface area contributed by atoms with E-state index in [9.17, 15) is 14.4 Å². The van der Waals surface area contributed by atoms with Gasteiger partial charge in [0.25, 0.3) is 11.8 Å². The number of amides is 2. The largest absolute Gasteiger partial charge is 0.449 e. The Balaban J connectivity index is 1.67. The maximum Gasteiger partial charge on any atom is 0.340 e. The Labute approximate surface area is 155 Å². The number of thiophene rings is 1. The van der Waals surface area contributed by atoms with Gasteiger partial charge in [-0.2, -0.15) is 0 Å². The topological polar surface area (TPSA) is 103 Å². The molecule has 138 valence electrons. The number of nitrogens with zero attached hydrogens (tertiary/aromatic N) is 1. The van der Waals surface area contributed by atoms with Crippen LogP contribution >= 0.6 is 11.3 Å². The van der Waals surface area contributed by atoms with Crippen molar-refractivity contribution in [3.05, 3.63) is 40.0 Å². The minimum atomic E-state index is -1.01. The highest BCUT2D eigenvalue weighted by Crippen LogP contribution is 2.38. The summed E-state index contributed by atoms with van der Waals surface area (Å²) in [5.41, 5.74) is 7.84. The highest BCUT2D eigenvalue weighted by Gasteiger charge is 2.30. The SMILES string of the molecule is Cc1cc(C(=O)OC(C)C(=O)Nc2sccc2C(N)=O)c(C)n1C1CC1. The van der Waals surface area contributed by atoms with Crippen molar-refractivity contribution in [2.45, 2.75) is 45.8 Å². The van der Waals surface area contributed by atoms with E-state index in [2.05, 4.69) is 9.88 Å². The zero-order chi connectivity index (χ0) is 19.0. The number of nitrogens with two attached hydrogens (primary N) is 1. The Bertz CT molecular complexity index is 879. The molecule has 0 spiro atoms. The van der Waals surface area contributed by atoms with Gasteiger partial charge in [-0.3, -0.25) is 9.59 Å². The number of carbonyl (C=O) groups is 3. The van der Waals surface area contributed by atoms with Gasteiger partial charge in [0, 0.05) is 17.4 Å². The monoisotopic (exact) mass is 375 g/mol. The second-order valence-corrected chi connectivity index (χ2v) is 7.37. The fraction of sp³-hybridized carbons (Fsp3) is 0.389. The van der Waals surface area contributed by atoms with Crippen LogP contribution < -0.4 is 11.1 Å². The third-order valence-electron chi connectivity index (χ3n) is 4.44. The maximum absolute atomic E-state index is 12.5. The summed E-state index contributed by atoms with van der Waals surface area (Å²) in [6.07, 6.45) is 1.23. The van der Waals surface area contributed by atoms with Crippen LogP contribution in [-0.4, -0.2) is 28.5 Å². The maximum atomic E-state index is 12.5. The third-order valence-corrected chi connectivity index (χ3v) is 5.27. The summed E-state index contributed by atoms with van der Waals surface area (Å²) in [4.78, 5) is 36.1. The molecule has 1 atom stereocenters. The Kier molecular flexibility index (Phi) is 4.86. The quantitative estimate of drug-likeness (QED) is 0.758. The fourth-order valence-corrected chi connectivity index (χ4v) is 3.76. The molecule has 26 heavy (non-hydrogen) atoms. The van der Waals surface area contributed by atoms with Crippen LogP contribution in [-0.2, 0) is 9.53 Å². The first-order chi connectivity index (χ1) is 12.3. The van der Waals surface area contributed by atoms with Crippen molar-refractivity contribution in [1.82, 2.24) is 4.57 Å². The lowest BCUT2D eigenvalue weighted by molar-refractivity contribution is -0.123. The average molecular weight is 375 g/mol. The molecule has 1 aliphatic carbocycles. The van der Waals surface area contributed by atoms with E-state index in [4.69, 9.17) is 10.5 Å². The van der Waals surface area contributed by atoms with Gasteiger partial charge in [0.15, 0.2) is 6.10 Å². The van der Waals surface area contributed by atoms with Crippen LogP contribution in [0.4, 0.5) is 5.00 Å². The number of esters is 1. The summed E-state index contributed by atoms with van der Waals surface area (Å²) in [6.45, 7) is 5.34. The van der Waals surface area contributed by atoms with E-state index in [1.165, 1.54) is 24.3 Å². The van der Waals surface area contributed by atoms with Gasteiger partial charge in [-0.1, -0.05) is 0 Å². The number of carbonyl (C=O) groups excluding carboxylic acids is 3. The summed E-state index contributed by atoms with van der Waals surface area (Å²) in [7, 11) is 0. The Hall–Kier alpha value is -2.61. The van der Waals surface area contributed by atoms with Gasteiger partial charge in [-0.25, -0.2) is 4.79 Å². The zero-order valence-corrected chi connectivity index (χ0v) is 15.7. The lowest BCUT2D eigenvalue weighted by Crippen LogP contribution is -2.30. The van der Waals surface area contributed by atoms with E-state index < -0.39 is 23.9 Å². The fourth-order valence-electron chi connectivity index (χ4n) is 2.97. The van der Waals surface area contributed by atoms with Crippen molar-refractivity contribution in [1.29, 1.82) is 0 Å². The number of aryl methyl sites for hydroxylation is 1. The smallest absolute Gasteiger partial charge is 0.340 e. The molecule has 1 saturated carbocycles. The highest BCUT2D eigenvalue weighted by atomic mass is 32.1. The molecule has 0 aliphatic heterocycles. The van der Waals surface area contributed by atoms with E-state index in [1.807, 2.05) is 13.8 Å². The number of hydrogen-bond acceptors (Lipinski definition) is 5. The zero-order valence-electron chi connectivity index (χ0n) is 14.9. The van der Waals surface area contributed by atoms with Gasteiger partial charge in [-0.15, -0.1) is 11.3 Å². The first-order valence-corrected chi connectivity index (χ1v) is 9.25. The second-order valence-electron chi connectivity index (χ2n) is 6.45. The van der Waals surface area contributed by atoms with Gasteiger partial charge in [0.1, 0.15) is 5.00 Å². The molecule has 0 aromatic carbocycles. The summed E-state index contributed by atoms with van der Waals surface area (Å²) < 4.78 is 7.47. The molecule has 7 nitrogen and oxygen atoms in total. The summed E-state index contributed by atoms with van der Waals surface area (Å²) in [6, 6.07) is 3.79. The highest BCUT2D eigenvalue weighted by molar-refractivity contribution is 7.14. The van der Waals surface area contributed by atoms with Crippen LogP contribution in [0, 0.1) is 13.8 Å². The van der Waals surface area contributed by atoms with Crippen LogP contribution in [0.15, 0.2) is 17.5 Å². The van der Waals surface area contributed by atoms with Crippen LogP contribution in [0.3, 0.4) is 0 Å². The van der Waals surface area contributed by atoms with E-state index in [0.717, 1.165) is 24.2 Å². The summed E-state index contributed by atoms with van der Waals surface area (Å²) in [5.74, 6) is -1.67. The molecular formula is C18H21N3O4S. The predicted molar refractivity (Wildman–Crippen MR) is 98.5 cm³/mol. The lowest BCUT2D eigenvalue weighted by Gasteiger charge is -2.13. The third kappa shape index (κ3) is 3.50. The van der Waals surface area contributed by atoms with Crippen molar-refractivity contribution >= 4 is 34.1 Å². The number of aromatic nitrogens is 1. The van der Waals surface area contributed by atoms with Gasteiger partial charge in [-0.05, 0) is 51.1 Å².